The average Bonchev–Trinajstić information content (AvgIpc) is 2.62. The van der Waals surface area contributed by atoms with E-state index in [1.165, 1.54) is 0 Å². The van der Waals surface area contributed by atoms with Gasteiger partial charge in [-0.1, -0.05) is 28.1 Å². The van der Waals surface area contributed by atoms with Gasteiger partial charge in [-0.25, -0.2) is 4.98 Å². The zero-order valence-corrected chi connectivity index (χ0v) is 15.1. The van der Waals surface area contributed by atoms with Gasteiger partial charge in [-0.2, -0.15) is 0 Å². The van der Waals surface area contributed by atoms with Crippen LogP contribution in [0.25, 0.3) is 0 Å². The van der Waals surface area contributed by atoms with Crippen molar-refractivity contribution in [1.29, 1.82) is 0 Å². The minimum Gasteiger partial charge on any atom is -0.497 e. The summed E-state index contributed by atoms with van der Waals surface area (Å²) in [5.41, 5.74) is 2.06. The Labute approximate surface area is 154 Å². The second kappa shape index (κ2) is 7.81. The molecule has 3 aromatic rings. The number of hydrogen-bond donors (Lipinski definition) is 2. The van der Waals surface area contributed by atoms with Gasteiger partial charge in [-0.15, -0.1) is 0 Å². The maximum atomic E-state index is 12.5. The van der Waals surface area contributed by atoms with Gasteiger partial charge in [0.05, 0.1) is 7.11 Å². The molecule has 0 saturated heterocycles. The molecule has 0 aliphatic heterocycles. The third kappa shape index (κ3) is 4.58. The van der Waals surface area contributed by atoms with Crippen LogP contribution in [-0.2, 0) is 0 Å². The van der Waals surface area contributed by atoms with Crippen LogP contribution in [0.15, 0.2) is 71.3 Å². The maximum Gasteiger partial charge on any atom is 0.255 e. The smallest absolute Gasteiger partial charge is 0.255 e. The van der Waals surface area contributed by atoms with Crippen LogP contribution in [0.1, 0.15) is 10.4 Å². The molecule has 2 aromatic carbocycles. The highest BCUT2D eigenvalue weighted by atomic mass is 79.9. The van der Waals surface area contributed by atoms with E-state index < -0.39 is 0 Å². The van der Waals surface area contributed by atoms with E-state index in [9.17, 15) is 4.79 Å². The molecule has 3 rings (SSSR count). The number of anilines is 3. The molecular formula is C19H16BrN3O2. The second-order valence-electron chi connectivity index (χ2n) is 5.25. The molecule has 1 heterocycles. The Kier molecular flexibility index (Phi) is 5.30. The van der Waals surface area contributed by atoms with Crippen molar-refractivity contribution in [3.63, 3.8) is 0 Å². The van der Waals surface area contributed by atoms with E-state index in [4.69, 9.17) is 4.74 Å². The lowest BCUT2D eigenvalue weighted by Gasteiger charge is -2.09. The first kappa shape index (κ1) is 17.0. The first-order valence-corrected chi connectivity index (χ1v) is 8.37. The molecule has 0 fully saturated rings. The van der Waals surface area contributed by atoms with E-state index >= 15 is 0 Å². The van der Waals surface area contributed by atoms with Gasteiger partial charge in [0.15, 0.2) is 0 Å². The average molecular weight is 398 g/mol. The van der Waals surface area contributed by atoms with Crippen molar-refractivity contribution in [3.05, 3.63) is 76.9 Å². The number of carbonyl (C=O) groups is 1. The number of hydrogen-bond acceptors (Lipinski definition) is 4. The maximum absolute atomic E-state index is 12.5. The van der Waals surface area contributed by atoms with Gasteiger partial charge < -0.3 is 15.4 Å². The van der Waals surface area contributed by atoms with Crippen LogP contribution in [0.3, 0.4) is 0 Å². The van der Waals surface area contributed by atoms with Gasteiger partial charge in [0, 0.05) is 33.7 Å². The normalized spacial score (nSPS) is 10.2. The predicted molar refractivity (Wildman–Crippen MR) is 103 cm³/mol. The molecule has 0 saturated carbocycles. The fourth-order valence-corrected chi connectivity index (χ4v) is 2.66. The van der Waals surface area contributed by atoms with Crippen molar-refractivity contribution in [3.8, 4) is 5.75 Å². The van der Waals surface area contributed by atoms with Gasteiger partial charge in [0.2, 0.25) is 0 Å². The minimum absolute atomic E-state index is 0.215. The summed E-state index contributed by atoms with van der Waals surface area (Å²) in [7, 11) is 1.59. The van der Waals surface area contributed by atoms with Gasteiger partial charge in [-0.3, -0.25) is 4.79 Å². The van der Waals surface area contributed by atoms with E-state index in [0.717, 1.165) is 10.2 Å². The van der Waals surface area contributed by atoms with Gasteiger partial charge in [0.1, 0.15) is 11.6 Å². The Bertz CT molecular complexity index is 899. The molecule has 5 nitrogen and oxygen atoms in total. The number of rotatable bonds is 5. The zero-order chi connectivity index (χ0) is 17.6. The molecule has 1 aromatic heterocycles. The van der Waals surface area contributed by atoms with E-state index in [-0.39, 0.29) is 5.91 Å². The summed E-state index contributed by atoms with van der Waals surface area (Å²) >= 11 is 3.43. The fourth-order valence-electron chi connectivity index (χ4n) is 2.26. The highest BCUT2D eigenvalue weighted by Gasteiger charge is 2.08. The largest absolute Gasteiger partial charge is 0.497 e. The van der Waals surface area contributed by atoms with Crippen LogP contribution in [0.5, 0.6) is 5.75 Å². The molecule has 25 heavy (non-hydrogen) atoms. The van der Waals surface area contributed by atoms with Crippen LogP contribution in [0.2, 0.25) is 0 Å². The zero-order valence-electron chi connectivity index (χ0n) is 13.5. The first-order valence-electron chi connectivity index (χ1n) is 7.58. The van der Waals surface area contributed by atoms with Crippen molar-refractivity contribution in [1.82, 2.24) is 4.98 Å². The highest BCUT2D eigenvalue weighted by Crippen LogP contribution is 2.21. The van der Waals surface area contributed by atoms with Crippen molar-refractivity contribution < 1.29 is 9.53 Å². The van der Waals surface area contributed by atoms with Crippen molar-refractivity contribution in [2.24, 2.45) is 0 Å². The standard InChI is InChI=1S/C19H16BrN3O2/c1-25-17-7-3-6-16(12-17)23-19(24)13-8-9-21-18(10-13)22-15-5-2-4-14(20)11-15/h2-12H,1H3,(H,21,22)(H,23,24). The SMILES string of the molecule is COc1cccc(NC(=O)c2ccnc(Nc3cccc(Br)c3)c2)c1. The summed E-state index contributed by atoms with van der Waals surface area (Å²) in [5, 5.41) is 6.03. The van der Waals surface area contributed by atoms with Crippen molar-refractivity contribution >= 4 is 39.0 Å². The molecule has 126 valence electrons. The Morgan fingerprint density at radius 2 is 1.84 bits per heavy atom. The second-order valence-corrected chi connectivity index (χ2v) is 6.17. The Balaban J connectivity index is 1.75. The third-order valence-corrected chi connectivity index (χ3v) is 3.94. The number of ether oxygens (including phenoxy) is 1. The predicted octanol–water partition coefficient (Wildman–Crippen LogP) is 4.85. The number of benzene rings is 2. The number of aromatic nitrogens is 1. The Hall–Kier alpha value is -2.86. The van der Waals surface area contributed by atoms with E-state index in [1.54, 1.807) is 31.5 Å². The van der Waals surface area contributed by atoms with E-state index in [2.05, 4.69) is 31.5 Å². The minimum atomic E-state index is -0.215. The molecule has 0 atom stereocenters. The van der Waals surface area contributed by atoms with Crippen LogP contribution in [0, 0.1) is 0 Å². The van der Waals surface area contributed by atoms with Crippen molar-refractivity contribution in [2.75, 3.05) is 17.7 Å². The van der Waals surface area contributed by atoms with Crippen LogP contribution in [-0.4, -0.2) is 18.0 Å². The van der Waals surface area contributed by atoms with Crippen molar-refractivity contribution in [2.45, 2.75) is 0 Å². The number of pyridine rings is 1. The van der Waals surface area contributed by atoms with Crippen LogP contribution < -0.4 is 15.4 Å². The van der Waals surface area contributed by atoms with Crippen LogP contribution >= 0.6 is 15.9 Å². The summed E-state index contributed by atoms with van der Waals surface area (Å²) in [6.07, 6.45) is 1.60. The number of nitrogens with one attached hydrogen (secondary N) is 2. The molecule has 1 amide bonds. The number of carbonyl (C=O) groups excluding carboxylic acids is 1. The molecule has 0 radical (unpaired) electrons. The Morgan fingerprint density at radius 3 is 2.64 bits per heavy atom. The summed E-state index contributed by atoms with van der Waals surface area (Å²) < 4.78 is 6.12. The van der Waals surface area contributed by atoms with E-state index in [1.807, 2.05) is 42.5 Å². The molecule has 0 spiro atoms. The summed E-state index contributed by atoms with van der Waals surface area (Å²) in [5.74, 6) is 1.06. The third-order valence-electron chi connectivity index (χ3n) is 3.45. The number of halogens is 1. The molecule has 0 bridgehead atoms. The summed E-state index contributed by atoms with van der Waals surface area (Å²) in [4.78, 5) is 16.7. The molecule has 6 heteroatoms. The molecule has 0 aliphatic carbocycles. The molecule has 0 aliphatic rings. The number of methoxy groups -OCH3 is 1. The van der Waals surface area contributed by atoms with Gasteiger partial charge in [0.25, 0.3) is 5.91 Å². The first-order chi connectivity index (χ1) is 12.1. The van der Waals surface area contributed by atoms with Crippen LogP contribution in [0.4, 0.5) is 17.2 Å². The quantitative estimate of drug-likeness (QED) is 0.645. The molecule has 2 N–H and O–H groups in total. The molecule has 0 unspecified atom stereocenters. The monoisotopic (exact) mass is 397 g/mol. The lowest BCUT2D eigenvalue weighted by molar-refractivity contribution is 0.102. The lowest BCUT2D eigenvalue weighted by Crippen LogP contribution is -2.12. The van der Waals surface area contributed by atoms with Gasteiger partial charge >= 0.3 is 0 Å². The summed E-state index contributed by atoms with van der Waals surface area (Å²) in [6, 6.07) is 18.3. The summed E-state index contributed by atoms with van der Waals surface area (Å²) in [6.45, 7) is 0. The fraction of sp³-hybridized carbons (Fsp3) is 0.0526. The number of amides is 1. The number of nitrogens with zero attached hydrogens (tertiary/aromatic N) is 1. The highest BCUT2D eigenvalue weighted by molar-refractivity contribution is 9.10. The molecular weight excluding hydrogens is 382 g/mol. The van der Waals surface area contributed by atoms with E-state index in [0.29, 0.717) is 22.8 Å². The van der Waals surface area contributed by atoms with Gasteiger partial charge in [-0.05, 0) is 42.5 Å². The lowest BCUT2D eigenvalue weighted by atomic mass is 10.2. The Morgan fingerprint density at radius 1 is 1.04 bits per heavy atom. The topological polar surface area (TPSA) is 63.2 Å².